The topological polar surface area (TPSA) is 90.7 Å². The molecule has 3 aromatic rings. The second-order valence-corrected chi connectivity index (χ2v) is 16.1. The number of fused-ring (bicyclic) bond motifs is 5. The Hall–Kier alpha value is -2.97. The fraction of sp³-hybridized carbons (Fsp3) is 0.423. The second kappa shape index (κ2) is 7.78. The van der Waals surface area contributed by atoms with Crippen LogP contribution in [0.15, 0.2) is 29.1 Å². The molecule has 2 aromatic heterocycles. The van der Waals surface area contributed by atoms with Crippen LogP contribution in [0.4, 0.5) is 0 Å². The Bertz CT molecular complexity index is 1410. The predicted octanol–water partition coefficient (Wildman–Crippen LogP) is 3.97. The predicted molar refractivity (Wildman–Crippen MR) is 133 cm³/mol. The maximum absolute atomic E-state index is 13.5. The molecule has 1 N–H and O–H groups in total. The summed E-state index contributed by atoms with van der Waals surface area (Å²) in [5, 5.41) is 12.2. The molecule has 5 rings (SSSR count). The third-order valence-electron chi connectivity index (χ3n) is 7.14. The summed E-state index contributed by atoms with van der Waals surface area (Å²) in [4.78, 5) is 30.9. The second-order valence-electron chi connectivity index (χ2n) is 10.5. The quantitative estimate of drug-likeness (QED) is 0.345. The number of carbonyl (C=O) groups is 1. The summed E-state index contributed by atoms with van der Waals surface area (Å²) in [7, 11) is 0.322. The van der Waals surface area contributed by atoms with E-state index in [4.69, 9.17) is 14.5 Å². The first kappa shape index (κ1) is 22.8. The number of carbonyl (C=O) groups excluding carboxylic acids is 1. The van der Waals surface area contributed by atoms with Crippen LogP contribution >= 0.6 is 0 Å². The zero-order chi connectivity index (χ0) is 24.4. The fourth-order valence-electron chi connectivity index (χ4n) is 5.05. The summed E-state index contributed by atoms with van der Waals surface area (Å²) in [6, 6.07) is 8.75. The minimum Gasteiger partial charge on any atom is -0.497 e. The highest BCUT2D eigenvalue weighted by Crippen LogP contribution is 2.41. The van der Waals surface area contributed by atoms with Crippen molar-refractivity contribution < 1.29 is 19.4 Å². The van der Waals surface area contributed by atoms with E-state index < -0.39 is 19.6 Å². The number of benzene rings is 1. The zero-order valence-electron chi connectivity index (χ0n) is 20.3. The molecule has 8 heteroatoms. The summed E-state index contributed by atoms with van der Waals surface area (Å²) in [6.07, 6.45) is 1.02. The third kappa shape index (κ3) is 3.39. The number of ether oxygens (including phenoxy) is 2. The molecule has 0 fully saturated rings. The average Bonchev–Trinajstić information content (AvgIpc) is 3.17. The van der Waals surface area contributed by atoms with E-state index in [0.29, 0.717) is 23.4 Å². The number of aromatic nitrogens is 2. The zero-order valence-corrected chi connectivity index (χ0v) is 21.3. The number of rotatable bonds is 5. The average molecular weight is 479 g/mol. The molecule has 0 saturated heterocycles. The highest BCUT2D eigenvalue weighted by atomic mass is 28.3. The van der Waals surface area contributed by atoms with Crippen molar-refractivity contribution in [1.82, 2.24) is 9.55 Å². The minimum atomic E-state index is -1.82. The monoisotopic (exact) mass is 478 g/mol. The normalized spacial score (nSPS) is 18.9. The Balaban J connectivity index is 1.77. The molecule has 1 aromatic carbocycles. The molecule has 0 spiro atoms. The maximum Gasteiger partial charge on any atom is 0.343 e. The van der Waals surface area contributed by atoms with Crippen LogP contribution in [0.3, 0.4) is 0 Å². The van der Waals surface area contributed by atoms with Crippen molar-refractivity contribution in [2.24, 2.45) is 0 Å². The number of methoxy groups -OCH3 is 1. The molecule has 7 nitrogen and oxygen atoms in total. The molecule has 0 saturated carbocycles. The molecular weight excluding hydrogens is 448 g/mol. The summed E-state index contributed by atoms with van der Waals surface area (Å²) in [5.41, 5.74) is 3.09. The Kier molecular flexibility index (Phi) is 5.22. The molecule has 34 heavy (non-hydrogen) atoms. The molecule has 0 radical (unpaired) electrons. The Morgan fingerprint density at radius 2 is 1.97 bits per heavy atom. The molecule has 0 unspecified atom stereocenters. The standard InChI is InChI=1S/C26H30N2O5Si/c1-6-26(31)20-12-22-23-18(13-28(22)24(29)19(20)14-33-25(26)30)16(9-10-34(3,4)5)17-11-15(32-2)7-8-21(17)27-23/h7-8,11-12,31H,6,9-10,13-14H2,1-5H3/t26-/m0/s1. The van der Waals surface area contributed by atoms with E-state index in [1.54, 1.807) is 24.7 Å². The van der Waals surface area contributed by atoms with Gasteiger partial charge < -0.3 is 19.1 Å². The number of aliphatic hydroxyl groups is 1. The first-order chi connectivity index (χ1) is 16.1. The van der Waals surface area contributed by atoms with Crippen LogP contribution in [-0.2, 0) is 34.7 Å². The number of hydrogen-bond acceptors (Lipinski definition) is 6. The van der Waals surface area contributed by atoms with Gasteiger partial charge in [-0.2, -0.15) is 0 Å². The van der Waals surface area contributed by atoms with Gasteiger partial charge in [-0.15, -0.1) is 0 Å². The van der Waals surface area contributed by atoms with E-state index in [1.165, 1.54) is 5.56 Å². The maximum atomic E-state index is 13.5. The number of nitrogens with zero attached hydrogens (tertiary/aromatic N) is 2. The van der Waals surface area contributed by atoms with Gasteiger partial charge in [0, 0.05) is 24.6 Å². The van der Waals surface area contributed by atoms with Gasteiger partial charge in [-0.25, -0.2) is 9.78 Å². The summed E-state index contributed by atoms with van der Waals surface area (Å²) >= 11 is 0. The van der Waals surface area contributed by atoms with Crippen molar-refractivity contribution in [1.29, 1.82) is 0 Å². The van der Waals surface area contributed by atoms with E-state index in [9.17, 15) is 14.7 Å². The Morgan fingerprint density at radius 3 is 2.65 bits per heavy atom. The number of hydrogen-bond donors (Lipinski definition) is 1. The van der Waals surface area contributed by atoms with Crippen LogP contribution in [-0.4, -0.2) is 35.8 Å². The van der Waals surface area contributed by atoms with Crippen molar-refractivity contribution in [3.05, 3.63) is 56.9 Å². The smallest absolute Gasteiger partial charge is 0.343 e. The van der Waals surface area contributed by atoms with Crippen molar-refractivity contribution in [3.63, 3.8) is 0 Å². The molecular formula is C26H30N2O5Si. The van der Waals surface area contributed by atoms with Gasteiger partial charge in [-0.1, -0.05) is 32.6 Å². The molecule has 2 aliphatic rings. The van der Waals surface area contributed by atoms with E-state index in [-0.39, 0.29) is 18.6 Å². The van der Waals surface area contributed by atoms with E-state index >= 15 is 0 Å². The SMILES string of the molecule is CC[C@@]1(O)C(=O)OCc2c1cc1n(c2=O)Cc2c-1nc1ccc(OC)cc1c2CC[Si](C)(C)C. The van der Waals surface area contributed by atoms with Gasteiger partial charge in [-0.05, 0) is 42.7 Å². The molecule has 0 bridgehead atoms. The first-order valence-electron chi connectivity index (χ1n) is 11.7. The fourth-order valence-corrected chi connectivity index (χ4v) is 6.05. The van der Waals surface area contributed by atoms with Gasteiger partial charge in [0.2, 0.25) is 0 Å². The largest absolute Gasteiger partial charge is 0.497 e. The van der Waals surface area contributed by atoms with E-state index in [1.807, 2.05) is 18.2 Å². The van der Waals surface area contributed by atoms with Gasteiger partial charge in [0.1, 0.15) is 12.4 Å². The van der Waals surface area contributed by atoms with Crippen LogP contribution in [0.25, 0.3) is 22.3 Å². The van der Waals surface area contributed by atoms with E-state index in [0.717, 1.165) is 40.4 Å². The van der Waals surface area contributed by atoms with Crippen molar-refractivity contribution in [2.45, 2.75) is 64.2 Å². The summed E-state index contributed by atoms with van der Waals surface area (Å²) in [6.45, 7) is 9.06. The summed E-state index contributed by atoms with van der Waals surface area (Å²) in [5.74, 6) is 0.0646. The van der Waals surface area contributed by atoms with Crippen LogP contribution in [0.2, 0.25) is 25.7 Å². The lowest BCUT2D eigenvalue weighted by molar-refractivity contribution is -0.172. The third-order valence-corrected chi connectivity index (χ3v) is 8.89. The van der Waals surface area contributed by atoms with E-state index in [2.05, 4.69) is 19.6 Å². The first-order valence-corrected chi connectivity index (χ1v) is 15.4. The highest BCUT2D eigenvalue weighted by Gasteiger charge is 2.45. The molecule has 178 valence electrons. The van der Waals surface area contributed by atoms with Crippen molar-refractivity contribution >= 4 is 24.9 Å². The lowest BCUT2D eigenvalue weighted by atomic mass is 9.86. The molecule has 1 atom stereocenters. The minimum absolute atomic E-state index is 0.124. The van der Waals surface area contributed by atoms with Crippen molar-refractivity contribution in [2.75, 3.05) is 7.11 Å². The van der Waals surface area contributed by atoms with Gasteiger partial charge >= 0.3 is 5.97 Å². The van der Waals surface area contributed by atoms with Gasteiger partial charge in [0.25, 0.3) is 5.56 Å². The lowest BCUT2D eigenvalue weighted by Gasteiger charge is -2.31. The van der Waals surface area contributed by atoms with Crippen molar-refractivity contribution in [3.8, 4) is 17.1 Å². The summed E-state index contributed by atoms with van der Waals surface area (Å²) < 4.78 is 12.4. The highest BCUT2D eigenvalue weighted by molar-refractivity contribution is 6.76. The van der Waals surface area contributed by atoms with Gasteiger partial charge in [0.05, 0.1) is 36.1 Å². The molecule has 4 heterocycles. The number of pyridine rings is 2. The number of esters is 1. The van der Waals surface area contributed by atoms with Crippen LogP contribution < -0.4 is 10.3 Å². The van der Waals surface area contributed by atoms with Gasteiger partial charge in [-0.3, -0.25) is 4.79 Å². The number of cyclic esters (lactones) is 1. The van der Waals surface area contributed by atoms with Gasteiger partial charge in [0.15, 0.2) is 5.60 Å². The molecule has 0 aliphatic carbocycles. The lowest BCUT2D eigenvalue weighted by Crippen LogP contribution is -2.44. The molecule has 2 aliphatic heterocycles. The number of aryl methyl sites for hydroxylation is 1. The van der Waals surface area contributed by atoms with Crippen LogP contribution in [0.5, 0.6) is 5.75 Å². The Morgan fingerprint density at radius 1 is 1.21 bits per heavy atom. The molecule has 0 amide bonds. The van der Waals surface area contributed by atoms with Crippen LogP contribution in [0, 0.1) is 0 Å². The Labute approximate surface area is 199 Å². The van der Waals surface area contributed by atoms with Crippen LogP contribution in [0.1, 0.15) is 35.6 Å².